The number of hydrogen-bond acceptors (Lipinski definition) is 3. The first-order valence-corrected chi connectivity index (χ1v) is 6.63. The number of aromatic nitrogens is 1. The number of halogens is 2. The average Bonchev–Trinajstić information content (AvgIpc) is 2.84. The number of rotatable bonds is 3. The van der Waals surface area contributed by atoms with Gasteiger partial charge in [0.15, 0.2) is 5.58 Å². The van der Waals surface area contributed by atoms with Crippen LogP contribution in [0.1, 0.15) is 11.3 Å². The van der Waals surface area contributed by atoms with Crippen molar-refractivity contribution < 1.29 is 18.1 Å². The fourth-order valence-electron chi connectivity index (χ4n) is 2.17. The predicted octanol–water partition coefficient (Wildman–Crippen LogP) is 3.60. The lowest BCUT2D eigenvalue weighted by Gasteiger charge is -2.05. The molecule has 1 amide bonds. The molecule has 4 nitrogen and oxygen atoms in total. The van der Waals surface area contributed by atoms with Gasteiger partial charge in [-0.15, -0.1) is 0 Å². The highest BCUT2D eigenvalue weighted by atomic mass is 19.1. The summed E-state index contributed by atoms with van der Waals surface area (Å²) in [5.41, 5.74) is 2.00. The fraction of sp³-hybridized carbons (Fsp3) is 0.125. The summed E-state index contributed by atoms with van der Waals surface area (Å²) < 4.78 is 31.5. The van der Waals surface area contributed by atoms with E-state index >= 15 is 0 Å². The maximum absolute atomic E-state index is 13.5. The fourth-order valence-corrected chi connectivity index (χ4v) is 2.17. The van der Waals surface area contributed by atoms with Crippen molar-refractivity contribution in [2.75, 3.05) is 5.32 Å². The zero-order valence-electron chi connectivity index (χ0n) is 11.7. The molecule has 0 saturated carbocycles. The molecule has 3 aromatic rings. The van der Waals surface area contributed by atoms with Gasteiger partial charge in [-0.25, -0.2) is 8.78 Å². The van der Waals surface area contributed by atoms with E-state index < -0.39 is 17.5 Å². The van der Waals surface area contributed by atoms with Gasteiger partial charge in [0.05, 0.1) is 12.1 Å². The molecule has 0 aliphatic rings. The highest BCUT2D eigenvalue weighted by Crippen LogP contribution is 2.21. The van der Waals surface area contributed by atoms with Crippen molar-refractivity contribution in [3.8, 4) is 0 Å². The van der Waals surface area contributed by atoms with Gasteiger partial charge in [0, 0.05) is 11.5 Å². The summed E-state index contributed by atoms with van der Waals surface area (Å²) in [7, 11) is 0. The van der Waals surface area contributed by atoms with Crippen molar-refractivity contribution in [3.05, 3.63) is 59.3 Å². The summed E-state index contributed by atoms with van der Waals surface area (Å²) in [6.07, 6.45) is -0.0622. The second-order valence-electron chi connectivity index (χ2n) is 4.98. The maximum atomic E-state index is 13.5. The molecule has 1 aromatic heterocycles. The summed E-state index contributed by atoms with van der Waals surface area (Å²) >= 11 is 0. The van der Waals surface area contributed by atoms with Crippen molar-refractivity contribution in [2.24, 2.45) is 0 Å². The Balaban J connectivity index is 1.79. The molecule has 112 valence electrons. The van der Waals surface area contributed by atoms with Crippen molar-refractivity contribution in [2.45, 2.75) is 13.3 Å². The zero-order chi connectivity index (χ0) is 15.7. The van der Waals surface area contributed by atoms with Crippen LogP contribution in [0.3, 0.4) is 0 Å². The molecule has 0 aliphatic heterocycles. The van der Waals surface area contributed by atoms with Crippen LogP contribution in [0.5, 0.6) is 0 Å². The van der Waals surface area contributed by atoms with Crippen molar-refractivity contribution in [1.82, 2.24) is 5.16 Å². The number of carbonyl (C=O) groups excluding carboxylic acids is 1. The Morgan fingerprint density at radius 2 is 2.05 bits per heavy atom. The molecular weight excluding hydrogens is 290 g/mol. The zero-order valence-corrected chi connectivity index (χ0v) is 11.7. The van der Waals surface area contributed by atoms with Gasteiger partial charge in [-0.05, 0) is 31.2 Å². The van der Waals surface area contributed by atoms with E-state index in [2.05, 4.69) is 10.5 Å². The van der Waals surface area contributed by atoms with E-state index in [0.717, 1.165) is 17.0 Å². The number of nitrogens with zero attached hydrogens (tertiary/aromatic N) is 1. The molecule has 0 saturated heterocycles. The number of hydrogen-bond donors (Lipinski definition) is 1. The lowest BCUT2D eigenvalue weighted by atomic mass is 10.1. The second kappa shape index (κ2) is 5.55. The summed E-state index contributed by atoms with van der Waals surface area (Å²) in [6, 6.07) is 8.49. The minimum Gasteiger partial charge on any atom is -0.356 e. The molecule has 0 aliphatic carbocycles. The molecule has 2 aromatic carbocycles. The molecule has 6 heteroatoms. The quantitative estimate of drug-likeness (QED) is 0.804. The standard InChI is InChI=1S/C16H12F2N2O2/c1-9-2-5-15-11(6-9)14(20-22-15)8-16(21)19-13-4-3-10(17)7-12(13)18/h2-7H,8H2,1H3,(H,19,21). The first kappa shape index (κ1) is 14.2. The van der Waals surface area contributed by atoms with E-state index in [4.69, 9.17) is 4.52 Å². The molecule has 3 rings (SSSR count). The Kier molecular flexibility index (Phi) is 3.58. The van der Waals surface area contributed by atoms with Crippen LogP contribution in [0.4, 0.5) is 14.5 Å². The summed E-state index contributed by atoms with van der Waals surface area (Å²) in [5, 5.41) is 7.00. The van der Waals surface area contributed by atoms with E-state index in [1.165, 1.54) is 6.07 Å². The Hall–Kier alpha value is -2.76. The van der Waals surface area contributed by atoms with Crippen LogP contribution in [0, 0.1) is 18.6 Å². The SMILES string of the molecule is Cc1ccc2onc(CC(=O)Nc3ccc(F)cc3F)c2c1. The van der Waals surface area contributed by atoms with Gasteiger partial charge in [-0.2, -0.15) is 0 Å². The van der Waals surface area contributed by atoms with Crippen LogP contribution >= 0.6 is 0 Å². The molecule has 0 unspecified atom stereocenters. The Morgan fingerprint density at radius 3 is 2.82 bits per heavy atom. The smallest absolute Gasteiger partial charge is 0.230 e. The molecule has 1 heterocycles. The van der Waals surface area contributed by atoms with Gasteiger partial charge in [-0.1, -0.05) is 16.8 Å². The molecule has 0 fully saturated rings. The van der Waals surface area contributed by atoms with Crippen LogP contribution in [-0.2, 0) is 11.2 Å². The topological polar surface area (TPSA) is 55.1 Å². The largest absolute Gasteiger partial charge is 0.356 e. The van der Waals surface area contributed by atoms with E-state index in [1.54, 1.807) is 6.07 Å². The highest BCUT2D eigenvalue weighted by Gasteiger charge is 2.14. The van der Waals surface area contributed by atoms with E-state index in [-0.39, 0.29) is 12.1 Å². The Labute approximate surface area is 124 Å². The first-order valence-electron chi connectivity index (χ1n) is 6.63. The normalized spacial score (nSPS) is 10.9. The highest BCUT2D eigenvalue weighted by molar-refractivity contribution is 5.94. The number of fused-ring (bicyclic) bond motifs is 1. The van der Waals surface area contributed by atoms with Gasteiger partial charge in [0.25, 0.3) is 0 Å². The van der Waals surface area contributed by atoms with Gasteiger partial charge in [0.2, 0.25) is 5.91 Å². The summed E-state index contributed by atoms with van der Waals surface area (Å²) in [4.78, 5) is 12.0. The lowest BCUT2D eigenvalue weighted by Crippen LogP contribution is -2.15. The molecule has 0 radical (unpaired) electrons. The molecule has 0 atom stereocenters. The van der Waals surface area contributed by atoms with Crippen LogP contribution in [0.15, 0.2) is 40.9 Å². The molecule has 1 N–H and O–H groups in total. The number of amides is 1. The maximum Gasteiger partial charge on any atom is 0.230 e. The predicted molar refractivity (Wildman–Crippen MR) is 77.4 cm³/mol. The third-order valence-corrected chi connectivity index (χ3v) is 3.23. The van der Waals surface area contributed by atoms with E-state index in [0.29, 0.717) is 17.3 Å². The molecule has 0 spiro atoms. The van der Waals surface area contributed by atoms with Crippen LogP contribution < -0.4 is 5.32 Å². The van der Waals surface area contributed by atoms with Gasteiger partial charge in [0.1, 0.15) is 17.3 Å². The average molecular weight is 302 g/mol. The van der Waals surface area contributed by atoms with Crippen LogP contribution in [-0.4, -0.2) is 11.1 Å². The van der Waals surface area contributed by atoms with Gasteiger partial charge in [-0.3, -0.25) is 4.79 Å². The minimum absolute atomic E-state index is 0.0622. The molecule has 0 bridgehead atoms. The number of carbonyl (C=O) groups is 1. The second-order valence-corrected chi connectivity index (χ2v) is 4.98. The van der Waals surface area contributed by atoms with Crippen molar-refractivity contribution in [1.29, 1.82) is 0 Å². The number of aryl methyl sites for hydroxylation is 1. The molecular formula is C16H12F2N2O2. The number of anilines is 1. The van der Waals surface area contributed by atoms with E-state index in [1.807, 2.05) is 19.1 Å². The Bertz CT molecular complexity index is 858. The monoisotopic (exact) mass is 302 g/mol. The first-order chi connectivity index (χ1) is 10.5. The Morgan fingerprint density at radius 1 is 1.23 bits per heavy atom. The minimum atomic E-state index is -0.825. The van der Waals surface area contributed by atoms with E-state index in [9.17, 15) is 13.6 Å². The third-order valence-electron chi connectivity index (χ3n) is 3.23. The van der Waals surface area contributed by atoms with Crippen LogP contribution in [0.25, 0.3) is 11.0 Å². The summed E-state index contributed by atoms with van der Waals surface area (Å²) in [6.45, 7) is 1.92. The third kappa shape index (κ3) is 2.81. The summed E-state index contributed by atoms with van der Waals surface area (Å²) in [5.74, 6) is -1.98. The van der Waals surface area contributed by atoms with Gasteiger partial charge < -0.3 is 9.84 Å². The van der Waals surface area contributed by atoms with Crippen LogP contribution in [0.2, 0.25) is 0 Å². The van der Waals surface area contributed by atoms with Crippen molar-refractivity contribution in [3.63, 3.8) is 0 Å². The number of benzene rings is 2. The molecule has 22 heavy (non-hydrogen) atoms. The van der Waals surface area contributed by atoms with Crippen molar-refractivity contribution >= 4 is 22.6 Å². The lowest BCUT2D eigenvalue weighted by molar-refractivity contribution is -0.115. The van der Waals surface area contributed by atoms with Gasteiger partial charge >= 0.3 is 0 Å². The number of nitrogens with one attached hydrogen (secondary N) is 1.